The highest BCUT2D eigenvalue weighted by molar-refractivity contribution is 5.66. The quantitative estimate of drug-likeness (QED) is 0.731. The van der Waals surface area contributed by atoms with Crippen LogP contribution in [0.2, 0.25) is 0 Å². The second kappa shape index (κ2) is 4.00. The predicted molar refractivity (Wildman–Crippen MR) is 68.8 cm³/mol. The first-order valence-electron chi connectivity index (χ1n) is 6.50. The first-order valence-corrected chi connectivity index (χ1v) is 6.50. The normalized spacial score (nSPS) is 21.1. The van der Waals surface area contributed by atoms with Gasteiger partial charge in [0, 0.05) is 24.0 Å². The smallest absolute Gasteiger partial charge is 0.0421 e. The maximum absolute atomic E-state index is 6.08. The molecule has 1 heterocycles. The van der Waals surface area contributed by atoms with Crippen LogP contribution >= 0.6 is 0 Å². The minimum atomic E-state index is 0.779. The Balaban J connectivity index is 1.96. The number of rotatable bonds is 1. The van der Waals surface area contributed by atoms with Gasteiger partial charge < -0.3 is 10.6 Å². The molecule has 0 atom stereocenters. The number of nitrogens with two attached hydrogens (primary N) is 1. The van der Waals surface area contributed by atoms with Crippen molar-refractivity contribution in [3.8, 4) is 0 Å². The van der Waals surface area contributed by atoms with E-state index in [2.05, 4.69) is 17.0 Å². The van der Waals surface area contributed by atoms with Gasteiger partial charge in [-0.3, -0.25) is 0 Å². The minimum Gasteiger partial charge on any atom is -0.398 e. The molecule has 16 heavy (non-hydrogen) atoms. The molecule has 1 aliphatic carbocycles. The van der Waals surface area contributed by atoms with Gasteiger partial charge in [0.2, 0.25) is 0 Å². The lowest BCUT2D eigenvalue weighted by molar-refractivity contribution is 0.572. The van der Waals surface area contributed by atoms with Gasteiger partial charge in [0.1, 0.15) is 0 Å². The molecule has 0 amide bonds. The Hall–Kier alpha value is -1.18. The van der Waals surface area contributed by atoms with Crippen LogP contribution in [0, 0.1) is 0 Å². The molecule has 0 saturated heterocycles. The SMILES string of the molecule is Nc1cccc2c1CCCN2C1CCCC1. The van der Waals surface area contributed by atoms with Crippen molar-refractivity contribution in [3.63, 3.8) is 0 Å². The van der Waals surface area contributed by atoms with Crippen LogP contribution in [0.25, 0.3) is 0 Å². The molecular weight excluding hydrogens is 196 g/mol. The summed E-state index contributed by atoms with van der Waals surface area (Å²) in [7, 11) is 0. The Morgan fingerprint density at radius 3 is 2.75 bits per heavy atom. The van der Waals surface area contributed by atoms with Crippen LogP contribution in [-0.4, -0.2) is 12.6 Å². The van der Waals surface area contributed by atoms with Crippen molar-refractivity contribution in [2.24, 2.45) is 0 Å². The van der Waals surface area contributed by atoms with E-state index in [4.69, 9.17) is 5.73 Å². The second-order valence-corrected chi connectivity index (χ2v) is 5.08. The van der Waals surface area contributed by atoms with Crippen molar-refractivity contribution in [3.05, 3.63) is 23.8 Å². The van der Waals surface area contributed by atoms with Crippen LogP contribution in [0.3, 0.4) is 0 Å². The van der Waals surface area contributed by atoms with Gasteiger partial charge in [-0.25, -0.2) is 0 Å². The summed E-state index contributed by atoms with van der Waals surface area (Å²) in [4.78, 5) is 2.61. The molecule has 0 radical (unpaired) electrons. The van der Waals surface area contributed by atoms with Crippen molar-refractivity contribution in [2.45, 2.75) is 44.6 Å². The predicted octanol–water partition coefficient (Wildman–Crippen LogP) is 2.96. The lowest BCUT2D eigenvalue weighted by Gasteiger charge is -2.36. The van der Waals surface area contributed by atoms with Gasteiger partial charge in [0.05, 0.1) is 0 Å². The summed E-state index contributed by atoms with van der Waals surface area (Å²) >= 11 is 0. The molecule has 1 fully saturated rings. The Morgan fingerprint density at radius 1 is 1.12 bits per heavy atom. The van der Waals surface area contributed by atoms with E-state index in [1.165, 1.54) is 49.9 Å². The van der Waals surface area contributed by atoms with Gasteiger partial charge in [-0.2, -0.15) is 0 Å². The van der Waals surface area contributed by atoms with Gasteiger partial charge in [-0.15, -0.1) is 0 Å². The zero-order chi connectivity index (χ0) is 11.0. The number of nitrogens with zero attached hydrogens (tertiary/aromatic N) is 1. The van der Waals surface area contributed by atoms with Crippen LogP contribution in [0.1, 0.15) is 37.7 Å². The molecule has 1 aromatic rings. The molecule has 1 aromatic carbocycles. The van der Waals surface area contributed by atoms with Gasteiger partial charge in [0.15, 0.2) is 0 Å². The number of fused-ring (bicyclic) bond motifs is 1. The lowest BCUT2D eigenvalue weighted by Crippen LogP contribution is -2.37. The highest BCUT2D eigenvalue weighted by atomic mass is 15.2. The average molecular weight is 216 g/mol. The molecule has 2 nitrogen and oxygen atoms in total. The molecule has 2 heteroatoms. The van der Waals surface area contributed by atoms with E-state index in [9.17, 15) is 0 Å². The van der Waals surface area contributed by atoms with Crippen LogP contribution in [-0.2, 0) is 6.42 Å². The standard InChI is InChI=1S/C14H20N2/c15-13-8-3-9-14-12(13)7-4-10-16(14)11-5-1-2-6-11/h3,8-9,11H,1-2,4-7,10,15H2. The van der Waals surface area contributed by atoms with Gasteiger partial charge in [0.25, 0.3) is 0 Å². The number of hydrogen-bond acceptors (Lipinski definition) is 2. The minimum absolute atomic E-state index is 0.779. The summed E-state index contributed by atoms with van der Waals surface area (Å²) in [5, 5.41) is 0. The molecule has 86 valence electrons. The van der Waals surface area contributed by atoms with E-state index in [1.807, 2.05) is 6.07 Å². The maximum atomic E-state index is 6.08. The Kier molecular flexibility index (Phi) is 2.50. The monoisotopic (exact) mass is 216 g/mol. The number of nitrogen functional groups attached to an aromatic ring is 1. The molecule has 2 N–H and O–H groups in total. The van der Waals surface area contributed by atoms with E-state index in [1.54, 1.807) is 0 Å². The summed E-state index contributed by atoms with van der Waals surface area (Å²) in [6.45, 7) is 1.22. The molecule has 0 aromatic heterocycles. The van der Waals surface area contributed by atoms with Crippen molar-refractivity contribution < 1.29 is 0 Å². The van der Waals surface area contributed by atoms with Crippen molar-refractivity contribution in [1.29, 1.82) is 0 Å². The van der Waals surface area contributed by atoms with Gasteiger partial charge >= 0.3 is 0 Å². The van der Waals surface area contributed by atoms with E-state index in [0.717, 1.165) is 18.2 Å². The van der Waals surface area contributed by atoms with Crippen molar-refractivity contribution in [2.75, 3.05) is 17.2 Å². The fourth-order valence-electron chi connectivity index (χ4n) is 3.28. The third kappa shape index (κ3) is 1.57. The maximum Gasteiger partial charge on any atom is 0.0421 e. The summed E-state index contributed by atoms with van der Waals surface area (Å²) in [5.41, 5.74) is 9.87. The topological polar surface area (TPSA) is 29.3 Å². The summed E-state index contributed by atoms with van der Waals surface area (Å²) in [6.07, 6.45) is 7.96. The van der Waals surface area contributed by atoms with Crippen LogP contribution < -0.4 is 10.6 Å². The summed E-state index contributed by atoms with van der Waals surface area (Å²) in [6, 6.07) is 7.17. The summed E-state index contributed by atoms with van der Waals surface area (Å²) in [5.74, 6) is 0. The third-order valence-corrected chi connectivity index (χ3v) is 4.09. The van der Waals surface area contributed by atoms with E-state index in [-0.39, 0.29) is 0 Å². The largest absolute Gasteiger partial charge is 0.398 e. The molecule has 2 aliphatic rings. The Bertz CT molecular complexity index is 380. The van der Waals surface area contributed by atoms with E-state index >= 15 is 0 Å². The van der Waals surface area contributed by atoms with Gasteiger partial charge in [-0.1, -0.05) is 18.9 Å². The first-order chi connectivity index (χ1) is 7.86. The lowest BCUT2D eigenvalue weighted by atomic mass is 9.98. The molecule has 3 rings (SSSR count). The van der Waals surface area contributed by atoms with Crippen LogP contribution in [0.5, 0.6) is 0 Å². The van der Waals surface area contributed by atoms with E-state index in [0.29, 0.717) is 0 Å². The zero-order valence-corrected chi connectivity index (χ0v) is 9.78. The molecule has 0 bridgehead atoms. The van der Waals surface area contributed by atoms with E-state index < -0.39 is 0 Å². The molecule has 1 saturated carbocycles. The molecule has 0 spiro atoms. The first kappa shape index (κ1) is 10.0. The third-order valence-electron chi connectivity index (χ3n) is 4.09. The van der Waals surface area contributed by atoms with Crippen molar-refractivity contribution >= 4 is 11.4 Å². The fourth-order valence-corrected chi connectivity index (χ4v) is 3.28. The molecule has 1 aliphatic heterocycles. The van der Waals surface area contributed by atoms with Crippen LogP contribution in [0.15, 0.2) is 18.2 Å². The average Bonchev–Trinajstić information content (AvgIpc) is 2.82. The van der Waals surface area contributed by atoms with Gasteiger partial charge in [-0.05, 0) is 43.4 Å². The molecular formula is C14H20N2. The number of hydrogen-bond donors (Lipinski definition) is 1. The Labute approximate surface area is 97.4 Å². The van der Waals surface area contributed by atoms with Crippen LogP contribution in [0.4, 0.5) is 11.4 Å². The second-order valence-electron chi connectivity index (χ2n) is 5.08. The molecule has 0 unspecified atom stereocenters. The highest BCUT2D eigenvalue weighted by Gasteiger charge is 2.27. The fraction of sp³-hybridized carbons (Fsp3) is 0.571. The number of benzene rings is 1. The van der Waals surface area contributed by atoms with Crippen molar-refractivity contribution in [1.82, 2.24) is 0 Å². The Morgan fingerprint density at radius 2 is 1.94 bits per heavy atom. The number of anilines is 2. The zero-order valence-electron chi connectivity index (χ0n) is 9.78. The highest BCUT2D eigenvalue weighted by Crippen LogP contribution is 2.36. The summed E-state index contributed by atoms with van der Waals surface area (Å²) < 4.78 is 0.